The molecule has 0 bridgehead atoms. The van der Waals surface area contributed by atoms with Crippen LogP contribution in [0.25, 0.3) is 0 Å². The zero-order valence-corrected chi connectivity index (χ0v) is 22.9. The van der Waals surface area contributed by atoms with E-state index >= 15 is 0 Å². The third-order valence-electron chi connectivity index (χ3n) is 9.04. The molecule has 3 unspecified atom stereocenters. The Bertz CT molecular complexity index is 915. The van der Waals surface area contributed by atoms with Crippen molar-refractivity contribution in [3.63, 3.8) is 0 Å². The van der Waals surface area contributed by atoms with Crippen LogP contribution in [0.3, 0.4) is 0 Å². The van der Waals surface area contributed by atoms with E-state index in [2.05, 4.69) is 73.3 Å². The van der Waals surface area contributed by atoms with E-state index in [0.717, 1.165) is 36.6 Å². The number of aryl methyl sites for hydroxylation is 3. The van der Waals surface area contributed by atoms with Crippen LogP contribution in [0, 0.1) is 19.8 Å². The second-order valence-corrected chi connectivity index (χ2v) is 12.0. The fourth-order valence-corrected chi connectivity index (χ4v) is 6.78. The van der Waals surface area contributed by atoms with Crippen molar-refractivity contribution in [2.75, 3.05) is 0 Å². The molecule has 0 amide bonds. The smallest absolute Gasteiger partial charge is 0.105 e. The fraction of sp³-hybridized carbons (Fsp3) is 0.613. The molecular weight excluding hydrogens is 414 g/mol. The maximum absolute atomic E-state index is 2.95. The molecule has 1 saturated carbocycles. The standard InChI is InChI=1S/C22H28BP.C9H18/c1-4-16-7-8-18(12-22(16)24)21-11-19(10-20-13-23(20)21)17-6-5-14(2)15(3)9-17;1-2-3-4-6-9-7-5-8-9/h5-9,12,19-21H,4,10-11,13,24H2,1-3H3;9H,2-8H2,1H3/t19?,20?,21-;/m1./s1. The van der Waals surface area contributed by atoms with Crippen molar-refractivity contribution in [2.24, 2.45) is 5.92 Å². The van der Waals surface area contributed by atoms with Crippen molar-refractivity contribution < 1.29 is 0 Å². The lowest BCUT2D eigenvalue weighted by molar-refractivity contribution is 0.287. The highest BCUT2D eigenvalue weighted by atomic mass is 31.0. The lowest BCUT2D eigenvalue weighted by Gasteiger charge is -2.29. The summed E-state index contributed by atoms with van der Waals surface area (Å²) in [5, 5.41) is 1.40. The molecule has 0 N–H and O–H groups in total. The van der Waals surface area contributed by atoms with Crippen LogP contribution in [-0.4, -0.2) is 6.71 Å². The molecule has 1 aliphatic carbocycles. The Morgan fingerprint density at radius 1 is 0.909 bits per heavy atom. The average Bonchev–Trinajstić information content (AvgIpc) is 3.57. The fourth-order valence-electron chi connectivity index (χ4n) is 6.28. The average molecular weight is 460 g/mol. The van der Waals surface area contributed by atoms with Crippen molar-refractivity contribution in [3.8, 4) is 0 Å². The molecule has 0 aromatic heterocycles. The lowest BCUT2D eigenvalue weighted by atomic mass is 9.47. The Labute approximate surface area is 207 Å². The summed E-state index contributed by atoms with van der Waals surface area (Å²) < 4.78 is 0. The number of hydrogen-bond acceptors (Lipinski definition) is 0. The minimum atomic E-state index is 0.747. The van der Waals surface area contributed by atoms with E-state index in [1.165, 1.54) is 86.1 Å². The molecule has 178 valence electrons. The second kappa shape index (κ2) is 11.6. The van der Waals surface area contributed by atoms with Gasteiger partial charge in [0.15, 0.2) is 0 Å². The van der Waals surface area contributed by atoms with Gasteiger partial charge in [0.25, 0.3) is 0 Å². The van der Waals surface area contributed by atoms with Gasteiger partial charge in [0.2, 0.25) is 0 Å². The van der Waals surface area contributed by atoms with E-state index in [1.807, 2.05) is 0 Å². The summed E-state index contributed by atoms with van der Waals surface area (Å²) in [6, 6.07) is 14.4. The van der Waals surface area contributed by atoms with Crippen molar-refractivity contribution in [1.82, 2.24) is 0 Å². The third kappa shape index (κ3) is 6.34. The first-order valence-electron chi connectivity index (χ1n) is 14.0. The summed E-state index contributed by atoms with van der Waals surface area (Å²) in [4.78, 5) is 0. The molecule has 0 radical (unpaired) electrons. The highest BCUT2D eigenvalue weighted by Gasteiger charge is 2.51. The Balaban J connectivity index is 0.000000243. The molecule has 0 spiro atoms. The van der Waals surface area contributed by atoms with Gasteiger partial charge in [0.1, 0.15) is 6.71 Å². The predicted octanol–water partition coefficient (Wildman–Crippen LogP) is 8.81. The Morgan fingerprint density at radius 3 is 2.33 bits per heavy atom. The number of hydrogen-bond donors (Lipinski definition) is 0. The van der Waals surface area contributed by atoms with E-state index in [4.69, 9.17) is 0 Å². The van der Waals surface area contributed by atoms with Crippen molar-refractivity contribution in [3.05, 3.63) is 64.2 Å². The summed E-state index contributed by atoms with van der Waals surface area (Å²) in [6.45, 7) is 9.94. The van der Waals surface area contributed by atoms with Crippen LogP contribution in [0.4, 0.5) is 0 Å². The largest absolute Gasteiger partial charge is 0.150 e. The summed E-state index contributed by atoms with van der Waals surface area (Å²) in [7, 11) is 2.95. The topological polar surface area (TPSA) is 0 Å². The van der Waals surface area contributed by atoms with Gasteiger partial charge < -0.3 is 0 Å². The van der Waals surface area contributed by atoms with Gasteiger partial charge in [-0.25, -0.2) is 0 Å². The molecule has 2 heterocycles. The van der Waals surface area contributed by atoms with Crippen LogP contribution in [0.15, 0.2) is 36.4 Å². The lowest BCUT2D eigenvalue weighted by Crippen LogP contribution is -2.21. The zero-order chi connectivity index (χ0) is 23.4. The summed E-state index contributed by atoms with van der Waals surface area (Å²) in [6.07, 6.45) is 15.7. The summed E-state index contributed by atoms with van der Waals surface area (Å²) in [5.41, 5.74) is 7.49. The zero-order valence-electron chi connectivity index (χ0n) is 21.7. The maximum Gasteiger partial charge on any atom is 0.150 e. The van der Waals surface area contributed by atoms with Crippen molar-refractivity contribution in [1.29, 1.82) is 0 Å². The third-order valence-corrected chi connectivity index (χ3v) is 9.58. The first-order chi connectivity index (χ1) is 16.0. The summed E-state index contributed by atoms with van der Waals surface area (Å²) in [5.74, 6) is 3.61. The number of unbranched alkanes of at least 4 members (excludes halogenated alkanes) is 2. The molecule has 3 aliphatic rings. The van der Waals surface area contributed by atoms with Crippen LogP contribution in [0.5, 0.6) is 0 Å². The molecule has 2 aromatic carbocycles. The Kier molecular flexibility index (Phi) is 8.78. The van der Waals surface area contributed by atoms with Gasteiger partial charge in [-0.3, -0.25) is 0 Å². The number of fused-ring (bicyclic) bond motifs is 1. The van der Waals surface area contributed by atoms with Gasteiger partial charge in [-0.15, -0.1) is 9.24 Å². The Morgan fingerprint density at radius 2 is 1.70 bits per heavy atom. The number of benzene rings is 2. The van der Waals surface area contributed by atoms with Crippen LogP contribution >= 0.6 is 9.24 Å². The highest BCUT2D eigenvalue weighted by Crippen LogP contribution is 2.58. The minimum Gasteiger partial charge on any atom is -0.105 e. The molecule has 4 atom stereocenters. The van der Waals surface area contributed by atoms with Gasteiger partial charge in [0, 0.05) is 0 Å². The van der Waals surface area contributed by atoms with Gasteiger partial charge in [-0.05, 0) is 71.9 Å². The van der Waals surface area contributed by atoms with Gasteiger partial charge in [-0.1, -0.05) is 119 Å². The molecule has 5 rings (SSSR count). The van der Waals surface area contributed by atoms with Crippen molar-refractivity contribution in [2.45, 2.75) is 116 Å². The van der Waals surface area contributed by atoms with Crippen LogP contribution in [0.2, 0.25) is 12.1 Å². The highest BCUT2D eigenvalue weighted by molar-refractivity contribution is 7.27. The Hall–Kier alpha value is -1.07. The monoisotopic (exact) mass is 460 g/mol. The SMILES string of the molecule is CCCCCC1CCC1.CCc1ccc([C@H]2CC(c3ccc(C)c(C)c3)CC3CB32)cc1P. The molecule has 2 saturated heterocycles. The van der Waals surface area contributed by atoms with E-state index in [9.17, 15) is 0 Å². The van der Waals surface area contributed by atoms with E-state index in [1.54, 1.807) is 11.1 Å². The molecule has 33 heavy (non-hydrogen) atoms. The molecular formula is C31H46BP. The molecule has 2 aromatic rings. The normalized spacial score (nSPS) is 23.9. The quantitative estimate of drug-likeness (QED) is 0.220. The van der Waals surface area contributed by atoms with Crippen LogP contribution in [0.1, 0.15) is 111 Å². The molecule has 3 fully saturated rings. The van der Waals surface area contributed by atoms with Gasteiger partial charge in [-0.2, -0.15) is 0 Å². The maximum atomic E-state index is 2.95. The molecule has 0 nitrogen and oxygen atoms in total. The molecule has 2 heteroatoms. The minimum absolute atomic E-state index is 0.747. The van der Waals surface area contributed by atoms with E-state index < -0.39 is 0 Å². The van der Waals surface area contributed by atoms with Gasteiger partial charge in [0.05, 0.1) is 0 Å². The van der Waals surface area contributed by atoms with Gasteiger partial charge >= 0.3 is 0 Å². The second-order valence-electron chi connectivity index (χ2n) is 11.4. The molecule has 2 aliphatic heterocycles. The summed E-state index contributed by atoms with van der Waals surface area (Å²) >= 11 is 0. The first kappa shape index (κ1) is 25.0. The first-order valence-corrected chi connectivity index (χ1v) is 14.5. The van der Waals surface area contributed by atoms with Crippen LogP contribution in [-0.2, 0) is 6.42 Å². The van der Waals surface area contributed by atoms with E-state index in [-0.39, 0.29) is 0 Å². The van der Waals surface area contributed by atoms with E-state index in [0.29, 0.717) is 0 Å². The predicted molar refractivity (Wildman–Crippen MR) is 152 cm³/mol. The van der Waals surface area contributed by atoms with Crippen LogP contribution < -0.4 is 5.30 Å². The number of rotatable bonds is 7. The van der Waals surface area contributed by atoms with Crippen molar-refractivity contribution >= 4 is 21.3 Å².